The van der Waals surface area contributed by atoms with Gasteiger partial charge in [-0.05, 0) is 50.0 Å². The first-order valence-corrected chi connectivity index (χ1v) is 9.88. The summed E-state index contributed by atoms with van der Waals surface area (Å²) >= 11 is 0. The Hall–Kier alpha value is -1.96. The molecule has 0 bridgehead atoms. The van der Waals surface area contributed by atoms with Gasteiger partial charge in [0, 0.05) is 44.3 Å². The summed E-state index contributed by atoms with van der Waals surface area (Å²) in [6.07, 6.45) is 4.20. The summed E-state index contributed by atoms with van der Waals surface area (Å²) in [5.74, 6) is 0.502. The Morgan fingerprint density at radius 1 is 1.15 bits per heavy atom. The van der Waals surface area contributed by atoms with Crippen LogP contribution in [0.4, 0.5) is 0 Å². The Labute approximate surface area is 159 Å². The van der Waals surface area contributed by atoms with Crippen molar-refractivity contribution in [1.29, 1.82) is 0 Å². The number of carbonyl (C=O) groups excluding carboxylic acids is 1. The van der Waals surface area contributed by atoms with E-state index in [4.69, 9.17) is 5.11 Å². The molecule has 2 atom stereocenters. The number of fused-ring (bicyclic) bond motifs is 1. The van der Waals surface area contributed by atoms with Crippen LogP contribution in [0.15, 0.2) is 24.5 Å². The predicted octanol–water partition coefficient (Wildman–Crippen LogP) is 0.805. The van der Waals surface area contributed by atoms with Crippen LogP contribution >= 0.6 is 0 Å². The number of benzene rings is 1. The van der Waals surface area contributed by atoms with Crippen LogP contribution in [0.25, 0.3) is 11.0 Å². The van der Waals surface area contributed by atoms with Crippen LogP contribution in [-0.4, -0.2) is 81.4 Å². The van der Waals surface area contributed by atoms with Crippen LogP contribution in [0.2, 0.25) is 0 Å². The zero-order valence-corrected chi connectivity index (χ0v) is 15.6. The minimum absolute atomic E-state index is 0.0102. The van der Waals surface area contributed by atoms with Crippen LogP contribution in [-0.2, 0) is 6.54 Å². The predicted molar refractivity (Wildman–Crippen MR) is 102 cm³/mol. The Morgan fingerprint density at radius 2 is 1.93 bits per heavy atom. The van der Waals surface area contributed by atoms with Gasteiger partial charge in [-0.25, -0.2) is 4.98 Å². The van der Waals surface area contributed by atoms with Crippen molar-refractivity contribution < 1.29 is 15.0 Å². The molecule has 27 heavy (non-hydrogen) atoms. The van der Waals surface area contributed by atoms with E-state index in [0.29, 0.717) is 31.1 Å². The number of hydrogen-bond donors (Lipinski definition) is 2. The molecule has 0 unspecified atom stereocenters. The molecule has 2 aliphatic heterocycles. The van der Waals surface area contributed by atoms with E-state index in [9.17, 15) is 9.90 Å². The summed E-state index contributed by atoms with van der Waals surface area (Å²) in [6, 6.07) is 5.56. The zero-order valence-electron chi connectivity index (χ0n) is 15.6. The largest absolute Gasteiger partial charge is 0.396 e. The van der Waals surface area contributed by atoms with Gasteiger partial charge in [-0.1, -0.05) is 0 Å². The number of aliphatic hydroxyl groups excluding tert-OH is 2. The third-order valence-corrected chi connectivity index (χ3v) is 6.00. The maximum atomic E-state index is 13.0. The third kappa shape index (κ3) is 3.72. The van der Waals surface area contributed by atoms with Gasteiger partial charge in [0.2, 0.25) is 0 Å². The Kier molecular flexibility index (Phi) is 5.43. The number of hydrogen-bond acceptors (Lipinski definition) is 5. The van der Waals surface area contributed by atoms with E-state index in [1.165, 1.54) is 12.8 Å². The number of likely N-dealkylation sites (tertiary alicyclic amines) is 2. The van der Waals surface area contributed by atoms with Gasteiger partial charge in [-0.3, -0.25) is 4.79 Å². The van der Waals surface area contributed by atoms with Gasteiger partial charge in [-0.15, -0.1) is 0 Å². The second-order valence-electron chi connectivity index (χ2n) is 7.79. The highest BCUT2D eigenvalue weighted by Crippen LogP contribution is 2.27. The molecule has 2 fully saturated rings. The van der Waals surface area contributed by atoms with E-state index in [1.54, 1.807) is 6.33 Å². The molecule has 0 saturated carbocycles. The molecule has 2 aliphatic rings. The number of carbonyl (C=O) groups is 1. The quantitative estimate of drug-likeness (QED) is 0.784. The van der Waals surface area contributed by atoms with Crippen molar-refractivity contribution in [3.63, 3.8) is 0 Å². The summed E-state index contributed by atoms with van der Waals surface area (Å²) in [5, 5.41) is 18.9. The molecule has 2 aromatic rings. The minimum Gasteiger partial charge on any atom is -0.396 e. The van der Waals surface area contributed by atoms with Crippen LogP contribution in [0.5, 0.6) is 0 Å². The number of amides is 1. The van der Waals surface area contributed by atoms with Crippen molar-refractivity contribution in [1.82, 2.24) is 19.4 Å². The molecule has 3 heterocycles. The molecule has 4 rings (SSSR count). The number of aliphatic hydroxyl groups is 2. The van der Waals surface area contributed by atoms with Crippen molar-refractivity contribution in [2.45, 2.75) is 19.4 Å². The monoisotopic (exact) mass is 372 g/mol. The van der Waals surface area contributed by atoms with Crippen LogP contribution in [0, 0.1) is 11.8 Å². The highest BCUT2D eigenvalue weighted by Gasteiger charge is 2.36. The van der Waals surface area contributed by atoms with Crippen molar-refractivity contribution >= 4 is 16.9 Å². The molecular weight excluding hydrogens is 344 g/mol. The number of imidazole rings is 1. The van der Waals surface area contributed by atoms with E-state index in [1.807, 2.05) is 27.7 Å². The molecule has 0 aliphatic carbocycles. The van der Waals surface area contributed by atoms with E-state index in [0.717, 1.165) is 30.7 Å². The van der Waals surface area contributed by atoms with Gasteiger partial charge in [0.05, 0.1) is 24.0 Å². The molecule has 0 radical (unpaired) electrons. The Morgan fingerprint density at radius 3 is 2.67 bits per heavy atom. The first-order chi connectivity index (χ1) is 13.2. The lowest BCUT2D eigenvalue weighted by atomic mass is 9.96. The fraction of sp³-hybridized carbons (Fsp3) is 0.600. The molecule has 7 nitrogen and oxygen atoms in total. The molecule has 1 aromatic carbocycles. The van der Waals surface area contributed by atoms with Crippen molar-refractivity contribution in [2.75, 3.05) is 45.9 Å². The van der Waals surface area contributed by atoms with Crippen LogP contribution in [0.1, 0.15) is 23.2 Å². The number of aromatic nitrogens is 2. The van der Waals surface area contributed by atoms with Crippen molar-refractivity contribution in [3.8, 4) is 0 Å². The summed E-state index contributed by atoms with van der Waals surface area (Å²) in [4.78, 5) is 21.7. The first kappa shape index (κ1) is 18.4. The smallest absolute Gasteiger partial charge is 0.253 e. The highest BCUT2D eigenvalue weighted by atomic mass is 16.3. The lowest BCUT2D eigenvalue weighted by Gasteiger charge is -2.22. The average Bonchev–Trinajstić information content (AvgIpc) is 3.42. The second-order valence-corrected chi connectivity index (χ2v) is 7.79. The Balaban J connectivity index is 1.47. The fourth-order valence-corrected chi connectivity index (χ4v) is 4.48. The summed E-state index contributed by atoms with van der Waals surface area (Å²) in [7, 11) is 0. The van der Waals surface area contributed by atoms with Gasteiger partial charge in [-0.2, -0.15) is 0 Å². The molecule has 2 saturated heterocycles. The lowest BCUT2D eigenvalue weighted by Crippen LogP contribution is -2.32. The lowest BCUT2D eigenvalue weighted by molar-refractivity contribution is 0.0779. The summed E-state index contributed by atoms with van der Waals surface area (Å²) < 4.78 is 1.88. The van der Waals surface area contributed by atoms with Crippen molar-refractivity contribution in [2.24, 2.45) is 11.8 Å². The fourth-order valence-electron chi connectivity index (χ4n) is 4.48. The van der Waals surface area contributed by atoms with Crippen molar-refractivity contribution in [3.05, 3.63) is 30.1 Å². The summed E-state index contributed by atoms with van der Waals surface area (Å²) in [6.45, 7) is 5.24. The average molecular weight is 372 g/mol. The zero-order chi connectivity index (χ0) is 18.8. The number of nitrogens with zero attached hydrogens (tertiary/aromatic N) is 4. The standard InChI is InChI=1S/C20H28N4O3/c25-8-7-23-14-21-18-9-15(3-4-19(18)23)20(27)24-11-16(17(12-24)13-26)10-22-5-1-2-6-22/h3-4,9,14,16-17,25-26H,1-2,5-8,10-13H2/t16-,17-/m0/s1. The van der Waals surface area contributed by atoms with Crippen LogP contribution < -0.4 is 0 Å². The first-order valence-electron chi connectivity index (χ1n) is 9.88. The van der Waals surface area contributed by atoms with E-state index in [2.05, 4.69) is 9.88 Å². The molecule has 7 heteroatoms. The second kappa shape index (κ2) is 7.96. The van der Waals surface area contributed by atoms with E-state index in [-0.39, 0.29) is 25.0 Å². The molecule has 1 aromatic heterocycles. The molecule has 0 spiro atoms. The van der Waals surface area contributed by atoms with Crippen LogP contribution in [0.3, 0.4) is 0 Å². The Bertz CT molecular complexity index is 800. The molecule has 1 amide bonds. The maximum Gasteiger partial charge on any atom is 0.253 e. The molecule has 146 valence electrons. The number of rotatable bonds is 6. The molecule has 2 N–H and O–H groups in total. The minimum atomic E-state index is 0.0102. The van der Waals surface area contributed by atoms with Gasteiger partial charge >= 0.3 is 0 Å². The summed E-state index contributed by atoms with van der Waals surface area (Å²) in [5.41, 5.74) is 2.32. The molecular formula is C20H28N4O3. The maximum absolute atomic E-state index is 13.0. The third-order valence-electron chi connectivity index (χ3n) is 6.00. The van der Waals surface area contributed by atoms with Gasteiger partial charge in [0.15, 0.2) is 0 Å². The topological polar surface area (TPSA) is 81.8 Å². The highest BCUT2D eigenvalue weighted by molar-refractivity contribution is 5.97. The van der Waals surface area contributed by atoms with Gasteiger partial charge < -0.3 is 24.6 Å². The van der Waals surface area contributed by atoms with Gasteiger partial charge in [0.25, 0.3) is 5.91 Å². The van der Waals surface area contributed by atoms with E-state index >= 15 is 0 Å². The normalized spacial score (nSPS) is 23.6. The van der Waals surface area contributed by atoms with E-state index < -0.39 is 0 Å². The SMILES string of the molecule is O=C(c1ccc2c(c1)ncn2CCO)N1C[C@@H](CO)[C@@H](CN2CCCC2)C1. The van der Waals surface area contributed by atoms with Gasteiger partial charge in [0.1, 0.15) is 0 Å².